The molecular weight excluding hydrogens is 514 g/mol. The van der Waals surface area contributed by atoms with Crippen molar-refractivity contribution in [1.82, 2.24) is 25.0 Å². The fourth-order valence-corrected chi connectivity index (χ4v) is 5.08. The van der Waals surface area contributed by atoms with E-state index >= 15 is 0 Å². The number of aromatic amines is 1. The van der Waals surface area contributed by atoms with Crippen molar-refractivity contribution < 1.29 is 9.53 Å². The van der Waals surface area contributed by atoms with Gasteiger partial charge in [-0.2, -0.15) is 10.4 Å². The van der Waals surface area contributed by atoms with Crippen LogP contribution in [0.25, 0.3) is 22.2 Å². The minimum Gasteiger partial charge on any atom is -0.457 e. The predicted molar refractivity (Wildman–Crippen MR) is 160 cm³/mol. The summed E-state index contributed by atoms with van der Waals surface area (Å²) >= 11 is 0. The van der Waals surface area contributed by atoms with E-state index in [1.165, 1.54) is 0 Å². The molecule has 4 aromatic rings. The smallest absolute Gasteiger partial charge is 0.264 e. The summed E-state index contributed by atoms with van der Waals surface area (Å²) in [7, 11) is 3.86. The van der Waals surface area contributed by atoms with Gasteiger partial charge in [-0.15, -0.1) is 0 Å². The van der Waals surface area contributed by atoms with Gasteiger partial charge in [0.2, 0.25) is 0 Å². The molecule has 3 N–H and O–H groups in total. The maximum atomic E-state index is 13.5. The molecule has 1 atom stereocenters. The van der Waals surface area contributed by atoms with Gasteiger partial charge in [0, 0.05) is 35.8 Å². The Bertz CT molecular complexity index is 1620. The summed E-state index contributed by atoms with van der Waals surface area (Å²) in [6.45, 7) is 4.58. The molecule has 9 heteroatoms. The number of nitrogen functional groups attached to an aromatic ring is 1. The van der Waals surface area contributed by atoms with Gasteiger partial charge < -0.3 is 20.3 Å². The van der Waals surface area contributed by atoms with Gasteiger partial charge in [-0.3, -0.25) is 14.9 Å². The number of carbonyl (C=O) groups is 1. The van der Waals surface area contributed by atoms with E-state index in [4.69, 9.17) is 15.5 Å². The maximum absolute atomic E-state index is 13.5. The van der Waals surface area contributed by atoms with Crippen LogP contribution >= 0.6 is 0 Å². The number of nitrogens with two attached hydrogens (primary N) is 1. The van der Waals surface area contributed by atoms with Crippen LogP contribution in [0, 0.1) is 11.3 Å². The van der Waals surface area contributed by atoms with Crippen molar-refractivity contribution in [2.75, 3.05) is 26.4 Å². The molecule has 3 heterocycles. The quantitative estimate of drug-likeness (QED) is 0.225. The van der Waals surface area contributed by atoms with E-state index in [2.05, 4.69) is 16.3 Å². The first-order valence-electron chi connectivity index (χ1n) is 13.7. The molecule has 0 radical (unpaired) electrons. The summed E-state index contributed by atoms with van der Waals surface area (Å²) in [6.07, 6.45) is 4.03. The van der Waals surface area contributed by atoms with Crippen LogP contribution in [0.4, 0.5) is 5.82 Å². The number of nitrogens with one attached hydrogen (secondary N) is 1. The highest BCUT2D eigenvalue weighted by molar-refractivity contribution is 6.00. The van der Waals surface area contributed by atoms with E-state index in [0.29, 0.717) is 24.5 Å². The second-order valence-electron chi connectivity index (χ2n) is 11.1. The highest BCUT2D eigenvalue weighted by Crippen LogP contribution is 2.33. The van der Waals surface area contributed by atoms with Crippen LogP contribution in [0.5, 0.6) is 11.5 Å². The van der Waals surface area contributed by atoms with Gasteiger partial charge in [-0.25, -0.2) is 0 Å². The highest BCUT2D eigenvalue weighted by atomic mass is 16.5. The number of aromatic nitrogens is 3. The molecule has 9 nitrogen and oxygen atoms in total. The second-order valence-corrected chi connectivity index (χ2v) is 11.1. The van der Waals surface area contributed by atoms with E-state index in [1.807, 2.05) is 98.4 Å². The second kappa shape index (κ2) is 11.4. The minimum absolute atomic E-state index is 0.0681. The van der Waals surface area contributed by atoms with Crippen LogP contribution in [0.3, 0.4) is 0 Å². The Morgan fingerprint density at radius 1 is 1.20 bits per heavy atom. The number of benzene rings is 2. The third-order valence-electron chi connectivity index (χ3n) is 7.82. The average molecular weight is 550 g/mol. The Morgan fingerprint density at radius 2 is 1.90 bits per heavy atom. The number of pyridine rings is 1. The van der Waals surface area contributed by atoms with Gasteiger partial charge in [0.15, 0.2) is 5.82 Å². The van der Waals surface area contributed by atoms with Crippen molar-refractivity contribution in [3.05, 3.63) is 78.0 Å². The summed E-state index contributed by atoms with van der Waals surface area (Å²) in [5.41, 5.74) is 9.18. The first kappa shape index (κ1) is 27.9. The number of fused-ring (bicyclic) bond motifs is 1. The molecule has 1 amide bonds. The molecule has 0 aliphatic carbocycles. The zero-order chi connectivity index (χ0) is 29.1. The van der Waals surface area contributed by atoms with Crippen LogP contribution in [0.1, 0.15) is 32.4 Å². The number of anilines is 1. The molecule has 2 aromatic carbocycles. The zero-order valence-electron chi connectivity index (χ0n) is 23.9. The van der Waals surface area contributed by atoms with E-state index < -0.39 is 5.54 Å². The lowest BCUT2D eigenvalue weighted by molar-refractivity contribution is -0.127. The van der Waals surface area contributed by atoms with E-state index in [1.54, 1.807) is 6.08 Å². The Hall–Kier alpha value is -4.68. The molecule has 41 heavy (non-hydrogen) atoms. The first-order valence-corrected chi connectivity index (χ1v) is 13.7. The molecule has 0 spiro atoms. The van der Waals surface area contributed by atoms with Crippen molar-refractivity contribution in [2.24, 2.45) is 0 Å². The minimum atomic E-state index is -0.431. The number of ether oxygens (including phenoxy) is 1. The average Bonchev–Trinajstić information content (AvgIpc) is 3.58. The summed E-state index contributed by atoms with van der Waals surface area (Å²) < 4.78 is 5.95. The molecule has 210 valence electrons. The lowest BCUT2D eigenvalue weighted by Crippen LogP contribution is -2.40. The Kier molecular flexibility index (Phi) is 7.77. The van der Waals surface area contributed by atoms with Gasteiger partial charge in [-0.05, 0) is 89.3 Å². The van der Waals surface area contributed by atoms with E-state index in [-0.39, 0.29) is 17.5 Å². The molecular formula is C32H35N7O2. The van der Waals surface area contributed by atoms with Crippen LogP contribution in [0.15, 0.2) is 72.3 Å². The maximum Gasteiger partial charge on any atom is 0.264 e. The third-order valence-corrected chi connectivity index (χ3v) is 7.82. The number of H-pyrrole nitrogens is 1. The monoisotopic (exact) mass is 549 g/mol. The number of hydrogen-bond donors (Lipinski definition) is 2. The molecule has 5 rings (SSSR count). The normalized spacial score (nSPS) is 15.9. The fourth-order valence-electron chi connectivity index (χ4n) is 5.08. The van der Waals surface area contributed by atoms with Crippen molar-refractivity contribution in [2.45, 2.75) is 44.7 Å². The highest BCUT2D eigenvalue weighted by Gasteiger charge is 2.32. The molecule has 1 aliphatic heterocycles. The number of rotatable bonds is 8. The number of likely N-dealkylation sites (tertiary alicyclic amines) is 1. The van der Waals surface area contributed by atoms with Gasteiger partial charge in [0.1, 0.15) is 23.1 Å². The molecule has 1 saturated heterocycles. The number of carbonyl (C=O) groups excluding carboxylic acids is 1. The first-order chi connectivity index (χ1) is 19.7. The lowest BCUT2D eigenvalue weighted by Gasteiger charge is -2.30. The Balaban J connectivity index is 1.42. The largest absolute Gasteiger partial charge is 0.457 e. The molecule has 0 saturated carbocycles. The molecule has 0 bridgehead atoms. The summed E-state index contributed by atoms with van der Waals surface area (Å²) in [5, 5.41) is 17.8. The molecule has 0 unspecified atom stereocenters. The van der Waals surface area contributed by atoms with Gasteiger partial charge in [0.05, 0.1) is 16.6 Å². The van der Waals surface area contributed by atoms with Crippen LogP contribution in [-0.4, -0.2) is 63.1 Å². The third kappa shape index (κ3) is 5.93. The Morgan fingerprint density at radius 3 is 2.59 bits per heavy atom. The number of amides is 1. The topological polar surface area (TPSA) is 124 Å². The van der Waals surface area contributed by atoms with Crippen molar-refractivity contribution in [1.29, 1.82) is 5.26 Å². The van der Waals surface area contributed by atoms with Crippen LogP contribution in [-0.2, 0) is 11.2 Å². The Labute approximate surface area is 240 Å². The molecule has 1 fully saturated rings. The molecule has 2 aromatic heterocycles. The van der Waals surface area contributed by atoms with E-state index in [0.717, 1.165) is 46.4 Å². The lowest BCUT2D eigenvalue weighted by atomic mass is 9.99. The van der Waals surface area contributed by atoms with Gasteiger partial charge >= 0.3 is 0 Å². The summed E-state index contributed by atoms with van der Waals surface area (Å²) in [6, 6.07) is 21.4. The molecule has 1 aliphatic rings. The van der Waals surface area contributed by atoms with Gasteiger partial charge in [0.25, 0.3) is 5.91 Å². The van der Waals surface area contributed by atoms with E-state index in [9.17, 15) is 10.1 Å². The summed E-state index contributed by atoms with van der Waals surface area (Å²) in [4.78, 5) is 22.3. The summed E-state index contributed by atoms with van der Waals surface area (Å²) in [5.74, 6) is 1.62. The standard InChI is InChI=1S/C32H35N7O2/c1-32(2,38(3)4)19-22(20-33)31(40)39-16-8-9-24(39)17-23-18-27-28(30(34)37-36-27)29(35-23)21-12-14-26(15-13-21)41-25-10-6-5-7-11-25/h5-7,10-15,18-19,24H,8-9,16-17H2,1-4H3,(H3,34,36,37)/t24-/m1/s1. The van der Waals surface area contributed by atoms with Crippen molar-refractivity contribution >= 4 is 22.6 Å². The number of nitrogens with zero attached hydrogens (tertiary/aromatic N) is 5. The van der Waals surface area contributed by atoms with Crippen LogP contribution in [0.2, 0.25) is 0 Å². The number of hydrogen-bond acceptors (Lipinski definition) is 7. The zero-order valence-corrected chi connectivity index (χ0v) is 23.9. The van der Waals surface area contributed by atoms with Crippen molar-refractivity contribution in [3.8, 4) is 28.8 Å². The van der Waals surface area contributed by atoms with Crippen molar-refractivity contribution in [3.63, 3.8) is 0 Å². The number of likely N-dealkylation sites (N-methyl/N-ethyl adjacent to an activating group) is 1. The SMILES string of the molecule is CN(C)C(C)(C)C=C(C#N)C(=O)N1CCC[C@@H]1Cc1cc2[nH]nc(N)c2c(-c2ccc(Oc3ccccc3)cc2)n1. The van der Waals surface area contributed by atoms with Gasteiger partial charge in [-0.1, -0.05) is 18.2 Å². The number of nitriles is 1. The fraction of sp³-hybridized carbons (Fsp3) is 0.312. The predicted octanol–water partition coefficient (Wildman–Crippen LogP) is 5.32. The van der Waals surface area contributed by atoms with Crippen LogP contribution < -0.4 is 10.5 Å². The number of para-hydroxylation sites is 1.